The number of hydrogen-bond acceptors (Lipinski definition) is 3. The predicted molar refractivity (Wildman–Crippen MR) is 76.9 cm³/mol. The molecule has 0 saturated heterocycles. The molecule has 0 radical (unpaired) electrons. The fraction of sp³-hybridized carbons (Fsp3) is 0.533. The Bertz CT molecular complexity index is 495. The van der Waals surface area contributed by atoms with Gasteiger partial charge in [0.2, 0.25) is 5.91 Å². The molecule has 1 aliphatic heterocycles. The SMILES string of the molecule is CNCCCC(=O)N1CCCc2cc(OC(F)F)ccc21. The average Bonchev–Trinajstić information content (AvgIpc) is 2.46. The summed E-state index contributed by atoms with van der Waals surface area (Å²) in [6, 6.07) is 4.79. The van der Waals surface area contributed by atoms with Gasteiger partial charge in [0, 0.05) is 18.7 Å². The van der Waals surface area contributed by atoms with Gasteiger partial charge in [-0.25, -0.2) is 0 Å². The molecule has 1 aromatic rings. The number of alkyl halides is 2. The van der Waals surface area contributed by atoms with Crippen LogP contribution < -0.4 is 15.0 Å². The van der Waals surface area contributed by atoms with Crippen LogP contribution in [0.2, 0.25) is 0 Å². The highest BCUT2D eigenvalue weighted by atomic mass is 19.3. The quantitative estimate of drug-likeness (QED) is 0.821. The Kier molecular flexibility index (Phi) is 5.50. The van der Waals surface area contributed by atoms with Crippen LogP contribution in [0.5, 0.6) is 5.75 Å². The molecule has 0 spiro atoms. The van der Waals surface area contributed by atoms with Crippen LogP contribution in [0.1, 0.15) is 24.8 Å². The summed E-state index contributed by atoms with van der Waals surface area (Å²) in [6.07, 6.45) is 2.88. The molecular formula is C15H20F2N2O2. The van der Waals surface area contributed by atoms with Crippen LogP contribution in [-0.2, 0) is 11.2 Å². The highest BCUT2D eigenvalue weighted by molar-refractivity contribution is 5.94. The molecule has 0 fully saturated rings. The Morgan fingerprint density at radius 3 is 3.00 bits per heavy atom. The first kappa shape index (κ1) is 15.7. The summed E-state index contributed by atoms with van der Waals surface area (Å²) in [7, 11) is 1.85. The van der Waals surface area contributed by atoms with Gasteiger partial charge in [0.15, 0.2) is 0 Å². The molecule has 4 nitrogen and oxygen atoms in total. The van der Waals surface area contributed by atoms with Gasteiger partial charge in [-0.2, -0.15) is 8.78 Å². The maximum atomic E-state index is 12.2. The number of halogens is 2. The van der Waals surface area contributed by atoms with Crippen LogP contribution in [-0.4, -0.2) is 32.7 Å². The number of ether oxygens (including phenoxy) is 1. The predicted octanol–water partition coefficient (Wildman–Crippen LogP) is 2.57. The molecule has 0 aliphatic carbocycles. The summed E-state index contributed by atoms with van der Waals surface area (Å²) in [5, 5.41) is 3.01. The van der Waals surface area contributed by atoms with Gasteiger partial charge in [-0.05, 0) is 56.6 Å². The van der Waals surface area contributed by atoms with Crippen molar-refractivity contribution < 1.29 is 18.3 Å². The maximum Gasteiger partial charge on any atom is 0.387 e. The van der Waals surface area contributed by atoms with E-state index in [4.69, 9.17) is 0 Å². The number of carbonyl (C=O) groups excluding carboxylic acids is 1. The van der Waals surface area contributed by atoms with Gasteiger partial charge < -0.3 is 15.0 Å². The van der Waals surface area contributed by atoms with Crippen molar-refractivity contribution in [2.24, 2.45) is 0 Å². The van der Waals surface area contributed by atoms with Gasteiger partial charge in [-0.15, -0.1) is 0 Å². The second-order valence-corrected chi connectivity index (χ2v) is 5.03. The van der Waals surface area contributed by atoms with Crippen molar-refractivity contribution in [3.63, 3.8) is 0 Å². The first-order valence-corrected chi connectivity index (χ1v) is 7.14. The number of nitrogens with one attached hydrogen (secondary N) is 1. The Labute approximate surface area is 123 Å². The lowest BCUT2D eigenvalue weighted by molar-refractivity contribution is -0.118. The third kappa shape index (κ3) is 4.14. The normalized spacial score (nSPS) is 14.2. The summed E-state index contributed by atoms with van der Waals surface area (Å²) < 4.78 is 28.9. The molecule has 1 amide bonds. The molecule has 1 N–H and O–H groups in total. The minimum absolute atomic E-state index is 0.0775. The number of aryl methyl sites for hydroxylation is 1. The van der Waals surface area contributed by atoms with Crippen LogP contribution in [0.25, 0.3) is 0 Å². The standard InChI is InChI=1S/C15H20F2N2O2/c1-18-8-2-5-14(20)19-9-3-4-11-10-12(21-15(16)17)6-7-13(11)19/h6-7,10,15,18H,2-5,8-9H2,1H3. The van der Waals surface area contributed by atoms with Crippen LogP contribution in [0, 0.1) is 0 Å². The monoisotopic (exact) mass is 298 g/mol. The molecular weight excluding hydrogens is 278 g/mol. The van der Waals surface area contributed by atoms with Crippen LogP contribution >= 0.6 is 0 Å². The van der Waals surface area contributed by atoms with Gasteiger partial charge in [-0.3, -0.25) is 4.79 Å². The second-order valence-electron chi connectivity index (χ2n) is 5.03. The van der Waals surface area contributed by atoms with E-state index in [1.165, 1.54) is 6.07 Å². The molecule has 0 aromatic heterocycles. The lowest BCUT2D eigenvalue weighted by atomic mass is 10.0. The van der Waals surface area contributed by atoms with Crippen molar-refractivity contribution in [1.29, 1.82) is 0 Å². The Morgan fingerprint density at radius 2 is 2.29 bits per heavy atom. The smallest absolute Gasteiger partial charge is 0.387 e. The van der Waals surface area contributed by atoms with Crippen LogP contribution in [0.15, 0.2) is 18.2 Å². The molecule has 2 rings (SSSR count). The van der Waals surface area contributed by atoms with E-state index in [0.717, 1.165) is 37.1 Å². The molecule has 6 heteroatoms. The first-order valence-electron chi connectivity index (χ1n) is 7.14. The number of amides is 1. The van der Waals surface area contributed by atoms with E-state index in [2.05, 4.69) is 10.1 Å². The van der Waals surface area contributed by atoms with Crippen molar-refractivity contribution in [2.75, 3.05) is 25.0 Å². The molecule has 0 unspecified atom stereocenters. The zero-order valence-corrected chi connectivity index (χ0v) is 12.1. The number of rotatable bonds is 6. The number of benzene rings is 1. The van der Waals surface area contributed by atoms with Gasteiger partial charge in [0.1, 0.15) is 5.75 Å². The molecule has 0 atom stereocenters. The minimum Gasteiger partial charge on any atom is -0.435 e. The summed E-state index contributed by atoms with van der Waals surface area (Å²) in [5.74, 6) is 0.224. The third-order valence-corrected chi connectivity index (χ3v) is 3.51. The molecule has 1 heterocycles. The zero-order chi connectivity index (χ0) is 15.2. The number of anilines is 1. The van der Waals surface area contributed by atoms with Gasteiger partial charge in [-0.1, -0.05) is 0 Å². The highest BCUT2D eigenvalue weighted by Gasteiger charge is 2.22. The topological polar surface area (TPSA) is 41.6 Å². The molecule has 21 heavy (non-hydrogen) atoms. The van der Waals surface area contributed by atoms with E-state index in [0.29, 0.717) is 13.0 Å². The van der Waals surface area contributed by atoms with Crippen molar-refractivity contribution in [1.82, 2.24) is 5.32 Å². The molecule has 1 aromatic carbocycles. The van der Waals surface area contributed by atoms with Crippen molar-refractivity contribution in [3.8, 4) is 5.75 Å². The highest BCUT2D eigenvalue weighted by Crippen LogP contribution is 2.31. The van der Waals surface area contributed by atoms with Crippen LogP contribution in [0.4, 0.5) is 14.5 Å². The summed E-state index contributed by atoms with van der Waals surface area (Å²) in [5.41, 5.74) is 1.71. The lowest BCUT2D eigenvalue weighted by Gasteiger charge is -2.30. The number of carbonyl (C=O) groups is 1. The minimum atomic E-state index is -2.83. The number of fused-ring (bicyclic) bond motifs is 1. The van der Waals surface area contributed by atoms with Gasteiger partial charge in [0.05, 0.1) is 0 Å². The average molecular weight is 298 g/mol. The van der Waals surface area contributed by atoms with Gasteiger partial charge >= 0.3 is 6.61 Å². The number of hydrogen-bond donors (Lipinski definition) is 1. The van der Waals surface area contributed by atoms with Crippen molar-refractivity contribution in [3.05, 3.63) is 23.8 Å². The third-order valence-electron chi connectivity index (χ3n) is 3.51. The Morgan fingerprint density at radius 1 is 1.48 bits per heavy atom. The fourth-order valence-electron chi connectivity index (χ4n) is 2.56. The van der Waals surface area contributed by atoms with Gasteiger partial charge in [0.25, 0.3) is 0 Å². The summed E-state index contributed by atoms with van der Waals surface area (Å²) in [4.78, 5) is 14.0. The summed E-state index contributed by atoms with van der Waals surface area (Å²) in [6.45, 7) is -1.35. The van der Waals surface area contributed by atoms with E-state index in [-0.39, 0.29) is 11.7 Å². The van der Waals surface area contributed by atoms with E-state index in [9.17, 15) is 13.6 Å². The van der Waals surface area contributed by atoms with E-state index >= 15 is 0 Å². The molecule has 116 valence electrons. The first-order chi connectivity index (χ1) is 10.1. The number of nitrogens with zero attached hydrogens (tertiary/aromatic N) is 1. The van der Waals surface area contributed by atoms with E-state index in [1.54, 1.807) is 17.0 Å². The fourth-order valence-corrected chi connectivity index (χ4v) is 2.56. The Balaban J connectivity index is 2.10. The van der Waals surface area contributed by atoms with E-state index < -0.39 is 6.61 Å². The van der Waals surface area contributed by atoms with Crippen LogP contribution in [0.3, 0.4) is 0 Å². The maximum absolute atomic E-state index is 12.2. The zero-order valence-electron chi connectivity index (χ0n) is 12.1. The Hall–Kier alpha value is -1.69. The molecule has 1 aliphatic rings. The van der Waals surface area contributed by atoms with Crippen molar-refractivity contribution in [2.45, 2.75) is 32.3 Å². The second kappa shape index (κ2) is 7.36. The molecule has 0 bridgehead atoms. The van der Waals surface area contributed by atoms with Crippen molar-refractivity contribution >= 4 is 11.6 Å². The van der Waals surface area contributed by atoms with E-state index in [1.807, 2.05) is 7.05 Å². The molecule has 0 saturated carbocycles. The lowest BCUT2D eigenvalue weighted by Crippen LogP contribution is -2.35. The largest absolute Gasteiger partial charge is 0.435 e. The summed E-state index contributed by atoms with van der Waals surface area (Å²) >= 11 is 0.